The second kappa shape index (κ2) is 9.29. The van der Waals surface area contributed by atoms with Gasteiger partial charge in [0.1, 0.15) is 0 Å². The first kappa shape index (κ1) is 25.1. The Morgan fingerprint density at radius 2 is 1.27 bits per heavy atom. The zero-order chi connectivity index (χ0) is 29.4. The standard InChI is InChI=1S/C41H31N3/c1-41(2)34-21-10-8-20-32(34)37-38(30-18-12-17-27(23-30)26-13-4-3-5-14-26)42-40(43-39(37)41)44-35-22-11-9-19-31(35)33-24-28-15-6-7-16-29(28)25-36(33)44/h3-25,40,43H,1-2H3. The normalized spacial score (nSPS) is 17.0. The molecule has 0 spiro atoms. The Morgan fingerprint density at radius 3 is 2.14 bits per heavy atom. The van der Waals surface area contributed by atoms with Crippen LogP contribution in [0.2, 0.25) is 0 Å². The van der Waals surface area contributed by atoms with Crippen molar-refractivity contribution in [2.45, 2.75) is 25.6 Å². The number of nitrogens with one attached hydrogen (secondary N) is 1. The number of aliphatic imine (C=N–C) groups is 1. The van der Waals surface area contributed by atoms with Crippen LogP contribution in [0.1, 0.15) is 36.8 Å². The van der Waals surface area contributed by atoms with Crippen LogP contribution < -0.4 is 5.32 Å². The van der Waals surface area contributed by atoms with Gasteiger partial charge in [-0.15, -0.1) is 0 Å². The SMILES string of the molecule is CC1(C)C2=C(C(c3cccc(-c4ccccc4)c3)=NC(n3c4ccccc4c4cc5ccccc5cc43)N2)c2ccccc21. The van der Waals surface area contributed by atoms with Crippen LogP contribution in [0.25, 0.3) is 49.3 Å². The van der Waals surface area contributed by atoms with E-state index in [-0.39, 0.29) is 11.7 Å². The van der Waals surface area contributed by atoms with Crippen molar-refractivity contribution in [2.75, 3.05) is 0 Å². The Balaban J connectivity index is 1.32. The van der Waals surface area contributed by atoms with Gasteiger partial charge < -0.3 is 9.88 Å². The van der Waals surface area contributed by atoms with Crippen LogP contribution >= 0.6 is 0 Å². The maximum atomic E-state index is 5.63. The third kappa shape index (κ3) is 3.59. The first-order valence-corrected chi connectivity index (χ1v) is 15.3. The smallest absolute Gasteiger partial charge is 0.201 e. The minimum absolute atomic E-state index is 0.201. The fourth-order valence-electron chi connectivity index (χ4n) is 7.44. The molecular weight excluding hydrogens is 534 g/mol. The first-order chi connectivity index (χ1) is 21.6. The van der Waals surface area contributed by atoms with Gasteiger partial charge in [0.2, 0.25) is 6.29 Å². The van der Waals surface area contributed by atoms with Gasteiger partial charge in [0.15, 0.2) is 0 Å². The molecule has 1 unspecified atom stereocenters. The van der Waals surface area contributed by atoms with Gasteiger partial charge in [-0.2, -0.15) is 0 Å². The Kier molecular flexibility index (Phi) is 5.31. The molecular formula is C41H31N3. The van der Waals surface area contributed by atoms with Gasteiger partial charge in [0, 0.05) is 33.0 Å². The van der Waals surface area contributed by atoms with Crippen molar-refractivity contribution in [3.05, 3.63) is 162 Å². The van der Waals surface area contributed by atoms with Crippen molar-refractivity contribution in [1.29, 1.82) is 0 Å². The van der Waals surface area contributed by atoms with Gasteiger partial charge in [-0.1, -0.05) is 129 Å². The lowest BCUT2D eigenvalue weighted by molar-refractivity contribution is 0.438. The van der Waals surface area contributed by atoms with Crippen molar-refractivity contribution < 1.29 is 0 Å². The minimum Gasteiger partial charge on any atom is -0.349 e. The molecule has 1 N–H and O–H groups in total. The van der Waals surface area contributed by atoms with Gasteiger partial charge in [-0.3, -0.25) is 0 Å². The first-order valence-electron chi connectivity index (χ1n) is 15.3. The topological polar surface area (TPSA) is 29.3 Å². The number of nitrogens with zero attached hydrogens (tertiary/aromatic N) is 2. The molecule has 9 rings (SSSR count). The largest absolute Gasteiger partial charge is 0.349 e. The second-order valence-corrected chi connectivity index (χ2v) is 12.5. The second-order valence-electron chi connectivity index (χ2n) is 12.5. The summed E-state index contributed by atoms with van der Waals surface area (Å²) < 4.78 is 2.40. The van der Waals surface area contributed by atoms with Crippen LogP contribution in [0, 0.1) is 0 Å². The van der Waals surface area contributed by atoms with Crippen LogP contribution in [-0.2, 0) is 5.41 Å². The van der Waals surface area contributed by atoms with Crippen LogP contribution in [0.4, 0.5) is 0 Å². The fraction of sp³-hybridized carbons (Fsp3) is 0.0976. The average Bonchev–Trinajstić information content (AvgIpc) is 3.52. The molecule has 0 fully saturated rings. The number of hydrogen-bond acceptors (Lipinski definition) is 2. The van der Waals surface area contributed by atoms with Crippen molar-refractivity contribution >= 4 is 43.9 Å². The Labute approximate surface area is 256 Å². The highest BCUT2D eigenvalue weighted by Crippen LogP contribution is 2.49. The van der Waals surface area contributed by atoms with Crippen molar-refractivity contribution in [2.24, 2.45) is 4.99 Å². The molecule has 2 heterocycles. The summed E-state index contributed by atoms with van der Waals surface area (Å²) in [5.74, 6) is 0. The Hall–Kier alpha value is -5.41. The van der Waals surface area contributed by atoms with E-state index in [1.807, 2.05) is 0 Å². The number of para-hydroxylation sites is 1. The summed E-state index contributed by atoms with van der Waals surface area (Å²) in [6.07, 6.45) is -0.318. The number of benzene rings is 6. The number of fused-ring (bicyclic) bond motifs is 6. The van der Waals surface area contributed by atoms with Crippen LogP contribution in [-0.4, -0.2) is 10.3 Å². The predicted octanol–water partition coefficient (Wildman–Crippen LogP) is 9.87. The predicted molar refractivity (Wildman–Crippen MR) is 184 cm³/mol. The number of allylic oxidation sites excluding steroid dienone is 2. The molecule has 7 aromatic rings. The summed E-state index contributed by atoms with van der Waals surface area (Å²) in [6, 6.07) is 50.3. The fourth-order valence-corrected chi connectivity index (χ4v) is 7.44. The maximum Gasteiger partial charge on any atom is 0.201 e. The van der Waals surface area contributed by atoms with Gasteiger partial charge in [0.25, 0.3) is 0 Å². The quantitative estimate of drug-likeness (QED) is 0.227. The van der Waals surface area contributed by atoms with Gasteiger partial charge in [0.05, 0.1) is 16.7 Å². The Morgan fingerprint density at radius 1 is 0.591 bits per heavy atom. The number of rotatable bonds is 3. The molecule has 3 heteroatoms. The highest BCUT2D eigenvalue weighted by atomic mass is 15.3. The molecule has 6 aromatic carbocycles. The summed E-state index contributed by atoms with van der Waals surface area (Å²) in [5, 5.41) is 8.96. The molecule has 44 heavy (non-hydrogen) atoms. The molecule has 210 valence electrons. The lowest BCUT2D eigenvalue weighted by Gasteiger charge is -2.33. The van der Waals surface area contributed by atoms with E-state index in [9.17, 15) is 0 Å². The minimum atomic E-state index is -0.318. The van der Waals surface area contributed by atoms with Crippen molar-refractivity contribution in [3.63, 3.8) is 0 Å². The summed E-state index contributed by atoms with van der Waals surface area (Å²) in [7, 11) is 0. The third-order valence-electron chi connectivity index (χ3n) is 9.57. The highest BCUT2D eigenvalue weighted by Gasteiger charge is 2.43. The number of aromatic nitrogens is 1. The van der Waals surface area contributed by atoms with Crippen molar-refractivity contribution in [1.82, 2.24) is 9.88 Å². The summed E-state index contributed by atoms with van der Waals surface area (Å²) in [4.78, 5) is 5.63. The third-order valence-corrected chi connectivity index (χ3v) is 9.57. The highest BCUT2D eigenvalue weighted by molar-refractivity contribution is 6.34. The summed E-state index contributed by atoms with van der Waals surface area (Å²) >= 11 is 0. The molecule has 0 bridgehead atoms. The molecule has 1 aromatic heterocycles. The van der Waals surface area contributed by atoms with E-state index in [0.717, 1.165) is 11.3 Å². The van der Waals surface area contributed by atoms with Crippen LogP contribution in [0.5, 0.6) is 0 Å². The molecule has 1 aliphatic heterocycles. The van der Waals surface area contributed by atoms with Crippen LogP contribution in [0.3, 0.4) is 0 Å². The molecule has 1 atom stereocenters. The average molecular weight is 566 g/mol. The van der Waals surface area contributed by atoms with E-state index in [1.54, 1.807) is 0 Å². The molecule has 2 aliphatic rings. The van der Waals surface area contributed by atoms with Crippen LogP contribution in [0.15, 0.2) is 150 Å². The summed E-state index contributed by atoms with van der Waals surface area (Å²) in [5.41, 5.74) is 11.7. The van der Waals surface area contributed by atoms with E-state index in [4.69, 9.17) is 4.99 Å². The van der Waals surface area contributed by atoms with Gasteiger partial charge in [-0.05, 0) is 57.3 Å². The maximum absolute atomic E-state index is 5.63. The van der Waals surface area contributed by atoms with E-state index >= 15 is 0 Å². The molecule has 0 amide bonds. The van der Waals surface area contributed by atoms with E-state index in [2.05, 4.69) is 163 Å². The Bertz CT molecular complexity index is 2340. The van der Waals surface area contributed by atoms with E-state index < -0.39 is 0 Å². The molecule has 0 saturated heterocycles. The van der Waals surface area contributed by atoms with E-state index in [0.29, 0.717) is 0 Å². The van der Waals surface area contributed by atoms with Gasteiger partial charge >= 0.3 is 0 Å². The van der Waals surface area contributed by atoms with E-state index in [1.165, 1.54) is 66.1 Å². The van der Waals surface area contributed by atoms with Crippen molar-refractivity contribution in [3.8, 4) is 11.1 Å². The lowest BCUT2D eigenvalue weighted by Crippen LogP contribution is -2.36. The van der Waals surface area contributed by atoms with Gasteiger partial charge in [-0.25, -0.2) is 4.99 Å². The molecule has 0 radical (unpaired) electrons. The zero-order valence-electron chi connectivity index (χ0n) is 24.8. The monoisotopic (exact) mass is 565 g/mol. The zero-order valence-corrected chi connectivity index (χ0v) is 24.8. The summed E-state index contributed by atoms with van der Waals surface area (Å²) in [6.45, 7) is 4.67. The lowest BCUT2D eigenvalue weighted by atomic mass is 9.84. The molecule has 3 nitrogen and oxygen atoms in total. The molecule has 1 aliphatic carbocycles. The molecule has 0 saturated carbocycles. The number of hydrogen-bond donors (Lipinski definition) is 1.